The highest BCUT2D eigenvalue weighted by atomic mass is 19.1. The molecule has 0 unspecified atom stereocenters. The van der Waals surface area contributed by atoms with Gasteiger partial charge in [0, 0.05) is 24.0 Å². The predicted octanol–water partition coefficient (Wildman–Crippen LogP) is 3.71. The molecule has 2 amide bonds. The smallest absolute Gasteiger partial charge is 0.270 e. The first kappa shape index (κ1) is 18.3. The second kappa shape index (κ2) is 8.23. The number of benzene rings is 2. The van der Waals surface area contributed by atoms with E-state index in [1.54, 1.807) is 18.2 Å². The zero-order valence-corrected chi connectivity index (χ0v) is 14.7. The number of carbonyl (C=O) groups excluding carboxylic acids is 2. The Morgan fingerprint density at radius 1 is 0.963 bits per heavy atom. The standard InChI is InChI=1S/C21H18FN3O2/c1-14-2-8-18(9-3-14)25-20(26)16-10-11-23-19(12-16)21(27)24-13-15-4-6-17(22)7-5-15/h2-12H,13H2,1H3,(H,24,27)(H,25,26). The van der Waals surface area contributed by atoms with Crippen LogP contribution < -0.4 is 10.6 Å². The number of nitrogens with one attached hydrogen (secondary N) is 2. The lowest BCUT2D eigenvalue weighted by Crippen LogP contribution is -2.24. The van der Waals surface area contributed by atoms with Crippen LogP contribution in [0.3, 0.4) is 0 Å². The monoisotopic (exact) mass is 363 g/mol. The van der Waals surface area contributed by atoms with Crippen LogP contribution in [0.4, 0.5) is 10.1 Å². The number of aryl methyl sites for hydroxylation is 1. The molecule has 27 heavy (non-hydrogen) atoms. The van der Waals surface area contributed by atoms with E-state index >= 15 is 0 Å². The number of pyridine rings is 1. The summed E-state index contributed by atoms with van der Waals surface area (Å²) in [5, 5.41) is 5.48. The van der Waals surface area contributed by atoms with Crippen molar-refractivity contribution in [1.82, 2.24) is 10.3 Å². The average molecular weight is 363 g/mol. The van der Waals surface area contributed by atoms with Gasteiger partial charge in [0.2, 0.25) is 0 Å². The van der Waals surface area contributed by atoms with Crippen molar-refractivity contribution in [2.75, 3.05) is 5.32 Å². The van der Waals surface area contributed by atoms with Gasteiger partial charge >= 0.3 is 0 Å². The summed E-state index contributed by atoms with van der Waals surface area (Å²) in [5.41, 5.74) is 2.99. The molecular formula is C21H18FN3O2. The maximum absolute atomic E-state index is 12.9. The van der Waals surface area contributed by atoms with E-state index in [0.717, 1.165) is 11.1 Å². The summed E-state index contributed by atoms with van der Waals surface area (Å²) in [4.78, 5) is 28.7. The number of hydrogen-bond acceptors (Lipinski definition) is 3. The molecule has 1 aromatic heterocycles. The first-order valence-corrected chi connectivity index (χ1v) is 8.38. The fourth-order valence-corrected chi connectivity index (χ4v) is 2.41. The van der Waals surface area contributed by atoms with Crippen molar-refractivity contribution >= 4 is 17.5 Å². The van der Waals surface area contributed by atoms with Crippen LogP contribution >= 0.6 is 0 Å². The number of rotatable bonds is 5. The first-order valence-electron chi connectivity index (χ1n) is 8.38. The van der Waals surface area contributed by atoms with Crippen LogP contribution in [0.25, 0.3) is 0 Å². The van der Waals surface area contributed by atoms with Crippen LogP contribution in [0.5, 0.6) is 0 Å². The Morgan fingerprint density at radius 3 is 2.37 bits per heavy atom. The molecule has 5 nitrogen and oxygen atoms in total. The molecule has 6 heteroatoms. The zero-order valence-electron chi connectivity index (χ0n) is 14.7. The van der Waals surface area contributed by atoms with E-state index in [0.29, 0.717) is 11.3 Å². The maximum atomic E-state index is 12.9. The van der Waals surface area contributed by atoms with Crippen LogP contribution in [-0.2, 0) is 6.54 Å². The molecule has 0 radical (unpaired) electrons. The summed E-state index contributed by atoms with van der Waals surface area (Å²) in [7, 11) is 0. The van der Waals surface area contributed by atoms with E-state index in [9.17, 15) is 14.0 Å². The van der Waals surface area contributed by atoms with Crippen LogP contribution in [0.2, 0.25) is 0 Å². The molecule has 1 heterocycles. The molecular weight excluding hydrogens is 345 g/mol. The minimum Gasteiger partial charge on any atom is -0.347 e. The third-order valence-electron chi connectivity index (χ3n) is 3.93. The summed E-state index contributed by atoms with van der Waals surface area (Å²) in [6, 6.07) is 16.2. The number of nitrogens with zero attached hydrogens (tertiary/aromatic N) is 1. The number of halogens is 1. The number of carbonyl (C=O) groups is 2. The SMILES string of the molecule is Cc1ccc(NC(=O)c2ccnc(C(=O)NCc3ccc(F)cc3)c2)cc1. The molecule has 2 aromatic carbocycles. The van der Waals surface area contributed by atoms with Crippen molar-refractivity contribution in [1.29, 1.82) is 0 Å². The number of amides is 2. The minimum atomic E-state index is -0.413. The molecule has 0 bridgehead atoms. The molecule has 0 atom stereocenters. The van der Waals surface area contributed by atoms with Gasteiger partial charge in [0.15, 0.2) is 0 Å². The van der Waals surface area contributed by atoms with Gasteiger partial charge < -0.3 is 10.6 Å². The third kappa shape index (κ3) is 4.98. The highest BCUT2D eigenvalue weighted by molar-refractivity contribution is 6.05. The molecule has 0 spiro atoms. The van der Waals surface area contributed by atoms with Gasteiger partial charge in [0.25, 0.3) is 11.8 Å². The zero-order chi connectivity index (χ0) is 19.2. The van der Waals surface area contributed by atoms with E-state index in [1.807, 2.05) is 31.2 Å². The number of hydrogen-bond donors (Lipinski definition) is 2. The van der Waals surface area contributed by atoms with Crippen LogP contribution in [0.1, 0.15) is 32.0 Å². The first-order chi connectivity index (χ1) is 13.0. The van der Waals surface area contributed by atoms with Crippen molar-refractivity contribution in [2.24, 2.45) is 0 Å². The molecule has 2 N–H and O–H groups in total. The molecule has 3 rings (SSSR count). The second-order valence-corrected chi connectivity index (χ2v) is 6.06. The van der Waals surface area contributed by atoms with Gasteiger partial charge in [-0.25, -0.2) is 4.39 Å². The van der Waals surface area contributed by atoms with Gasteiger partial charge in [0.05, 0.1) is 0 Å². The van der Waals surface area contributed by atoms with Gasteiger partial charge in [-0.05, 0) is 48.9 Å². The van der Waals surface area contributed by atoms with E-state index in [-0.39, 0.29) is 24.0 Å². The Bertz CT molecular complexity index is 954. The van der Waals surface area contributed by atoms with Crippen molar-refractivity contribution in [2.45, 2.75) is 13.5 Å². The van der Waals surface area contributed by atoms with Crippen molar-refractivity contribution in [3.05, 3.63) is 95.1 Å². The van der Waals surface area contributed by atoms with Crippen LogP contribution in [0.15, 0.2) is 66.9 Å². The molecule has 0 aliphatic rings. The lowest BCUT2D eigenvalue weighted by molar-refractivity contribution is 0.0946. The molecule has 136 valence electrons. The summed E-state index contributed by atoms with van der Waals surface area (Å²) < 4.78 is 12.9. The highest BCUT2D eigenvalue weighted by Crippen LogP contribution is 2.11. The Labute approximate surface area is 156 Å². The Kier molecular flexibility index (Phi) is 5.56. The second-order valence-electron chi connectivity index (χ2n) is 6.06. The minimum absolute atomic E-state index is 0.133. The van der Waals surface area contributed by atoms with Gasteiger partial charge in [0.1, 0.15) is 11.5 Å². The van der Waals surface area contributed by atoms with Crippen LogP contribution in [-0.4, -0.2) is 16.8 Å². The maximum Gasteiger partial charge on any atom is 0.270 e. The Morgan fingerprint density at radius 2 is 1.67 bits per heavy atom. The Balaban J connectivity index is 1.65. The summed E-state index contributed by atoms with van der Waals surface area (Å²) >= 11 is 0. The number of aromatic nitrogens is 1. The van der Waals surface area contributed by atoms with E-state index in [4.69, 9.17) is 0 Å². The fraction of sp³-hybridized carbons (Fsp3) is 0.0952. The number of anilines is 1. The molecule has 0 aliphatic carbocycles. The van der Waals surface area contributed by atoms with Crippen molar-refractivity contribution < 1.29 is 14.0 Å². The van der Waals surface area contributed by atoms with Gasteiger partial charge in [-0.1, -0.05) is 29.8 Å². The van der Waals surface area contributed by atoms with Gasteiger partial charge in [-0.2, -0.15) is 0 Å². The lowest BCUT2D eigenvalue weighted by atomic mass is 10.2. The largest absolute Gasteiger partial charge is 0.347 e. The summed E-state index contributed by atoms with van der Waals surface area (Å²) in [6.07, 6.45) is 1.41. The van der Waals surface area contributed by atoms with Crippen molar-refractivity contribution in [3.8, 4) is 0 Å². The van der Waals surface area contributed by atoms with Crippen molar-refractivity contribution in [3.63, 3.8) is 0 Å². The summed E-state index contributed by atoms with van der Waals surface area (Å²) in [6.45, 7) is 2.20. The normalized spacial score (nSPS) is 10.3. The lowest BCUT2D eigenvalue weighted by Gasteiger charge is -2.08. The van der Waals surface area contributed by atoms with E-state index in [2.05, 4.69) is 15.6 Å². The quantitative estimate of drug-likeness (QED) is 0.726. The molecule has 0 fully saturated rings. The van der Waals surface area contributed by atoms with Crippen LogP contribution in [0, 0.1) is 12.7 Å². The molecule has 0 aliphatic heterocycles. The highest BCUT2D eigenvalue weighted by Gasteiger charge is 2.12. The molecule has 0 saturated heterocycles. The van der Waals surface area contributed by atoms with Gasteiger partial charge in [-0.3, -0.25) is 14.6 Å². The van der Waals surface area contributed by atoms with E-state index < -0.39 is 5.91 Å². The molecule has 3 aromatic rings. The third-order valence-corrected chi connectivity index (χ3v) is 3.93. The average Bonchev–Trinajstić information content (AvgIpc) is 2.69. The van der Waals surface area contributed by atoms with Gasteiger partial charge in [-0.15, -0.1) is 0 Å². The predicted molar refractivity (Wildman–Crippen MR) is 101 cm³/mol. The summed E-state index contributed by atoms with van der Waals surface area (Å²) in [5.74, 6) is -1.07. The molecule has 0 saturated carbocycles. The Hall–Kier alpha value is -3.54. The topological polar surface area (TPSA) is 71.1 Å². The fourth-order valence-electron chi connectivity index (χ4n) is 2.41. The van der Waals surface area contributed by atoms with E-state index in [1.165, 1.54) is 24.4 Å².